The van der Waals surface area contributed by atoms with Crippen LogP contribution in [0.2, 0.25) is 0 Å². The Bertz CT molecular complexity index is 429. The SMILES string of the molecule is CC1CCCCCC1NCc1ccc2c(c1)CCO2. The predicted molar refractivity (Wildman–Crippen MR) is 78.5 cm³/mol. The van der Waals surface area contributed by atoms with Crippen molar-refractivity contribution >= 4 is 0 Å². The summed E-state index contributed by atoms with van der Waals surface area (Å²) in [5.74, 6) is 1.91. The van der Waals surface area contributed by atoms with Gasteiger partial charge in [-0.25, -0.2) is 0 Å². The van der Waals surface area contributed by atoms with Crippen molar-refractivity contribution in [2.75, 3.05) is 6.61 Å². The van der Waals surface area contributed by atoms with Gasteiger partial charge >= 0.3 is 0 Å². The quantitative estimate of drug-likeness (QED) is 0.836. The van der Waals surface area contributed by atoms with Crippen LogP contribution in [0, 0.1) is 5.92 Å². The van der Waals surface area contributed by atoms with E-state index in [1.165, 1.54) is 43.2 Å². The topological polar surface area (TPSA) is 21.3 Å². The fraction of sp³-hybridized carbons (Fsp3) is 0.647. The highest BCUT2D eigenvalue weighted by molar-refractivity contribution is 5.39. The highest BCUT2D eigenvalue weighted by atomic mass is 16.5. The first-order chi connectivity index (χ1) is 9.33. The molecule has 3 rings (SSSR count). The minimum absolute atomic E-state index is 0.701. The van der Waals surface area contributed by atoms with Gasteiger partial charge in [-0.1, -0.05) is 38.3 Å². The summed E-state index contributed by atoms with van der Waals surface area (Å²) in [6.07, 6.45) is 8.02. The molecule has 1 fully saturated rings. The Kier molecular flexibility index (Phi) is 4.07. The fourth-order valence-electron chi connectivity index (χ4n) is 3.40. The summed E-state index contributed by atoms with van der Waals surface area (Å²) in [7, 11) is 0. The summed E-state index contributed by atoms with van der Waals surface area (Å²) < 4.78 is 5.56. The average Bonchev–Trinajstić information content (AvgIpc) is 2.79. The van der Waals surface area contributed by atoms with Crippen LogP contribution in [0.4, 0.5) is 0 Å². The van der Waals surface area contributed by atoms with Crippen LogP contribution in [0.5, 0.6) is 5.75 Å². The van der Waals surface area contributed by atoms with Crippen LogP contribution in [0.1, 0.15) is 50.2 Å². The van der Waals surface area contributed by atoms with E-state index in [0.717, 1.165) is 31.2 Å². The lowest BCUT2D eigenvalue weighted by atomic mass is 9.96. The van der Waals surface area contributed by atoms with Gasteiger partial charge in [0.05, 0.1) is 6.61 Å². The third-order valence-corrected chi connectivity index (χ3v) is 4.68. The van der Waals surface area contributed by atoms with E-state index in [4.69, 9.17) is 4.74 Å². The number of nitrogens with one attached hydrogen (secondary N) is 1. The molecule has 0 saturated heterocycles. The van der Waals surface area contributed by atoms with Gasteiger partial charge in [-0.2, -0.15) is 0 Å². The second-order valence-corrected chi connectivity index (χ2v) is 6.14. The zero-order chi connectivity index (χ0) is 13.1. The number of hydrogen-bond donors (Lipinski definition) is 1. The monoisotopic (exact) mass is 259 g/mol. The fourth-order valence-corrected chi connectivity index (χ4v) is 3.40. The lowest BCUT2D eigenvalue weighted by Gasteiger charge is -2.23. The van der Waals surface area contributed by atoms with Crippen LogP contribution in [0.25, 0.3) is 0 Å². The molecule has 0 aromatic heterocycles. The third kappa shape index (κ3) is 3.11. The van der Waals surface area contributed by atoms with E-state index in [2.05, 4.69) is 30.4 Å². The third-order valence-electron chi connectivity index (χ3n) is 4.68. The van der Waals surface area contributed by atoms with E-state index in [0.29, 0.717) is 6.04 Å². The summed E-state index contributed by atoms with van der Waals surface area (Å²) in [5, 5.41) is 3.78. The number of hydrogen-bond acceptors (Lipinski definition) is 2. The summed E-state index contributed by atoms with van der Waals surface area (Å²) in [6.45, 7) is 4.26. The zero-order valence-corrected chi connectivity index (χ0v) is 12.0. The summed E-state index contributed by atoms with van der Waals surface area (Å²) in [4.78, 5) is 0. The molecule has 1 aromatic rings. The van der Waals surface area contributed by atoms with Crippen molar-refractivity contribution in [2.45, 2.75) is 58.0 Å². The normalized spacial score (nSPS) is 26.6. The molecule has 2 unspecified atom stereocenters. The molecule has 2 nitrogen and oxygen atoms in total. The standard InChI is InChI=1S/C17H25NO/c1-13-5-3-2-4-6-16(13)18-12-14-7-8-17-15(11-14)9-10-19-17/h7-8,11,13,16,18H,2-6,9-10,12H2,1H3. The van der Waals surface area contributed by atoms with Crippen molar-refractivity contribution in [1.82, 2.24) is 5.32 Å². The van der Waals surface area contributed by atoms with Gasteiger partial charge in [-0.05, 0) is 36.0 Å². The second-order valence-electron chi connectivity index (χ2n) is 6.14. The smallest absolute Gasteiger partial charge is 0.122 e. The van der Waals surface area contributed by atoms with Gasteiger partial charge < -0.3 is 10.1 Å². The van der Waals surface area contributed by atoms with Crippen LogP contribution < -0.4 is 10.1 Å². The molecule has 2 heteroatoms. The van der Waals surface area contributed by atoms with Crippen molar-refractivity contribution in [3.8, 4) is 5.75 Å². The van der Waals surface area contributed by atoms with E-state index < -0.39 is 0 Å². The van der Waals surface area contributed by atoms with Crippen LogP contribution in [0.3, 0.4) is 0 Å². The molecule has 0 radical (unpaired) electrons. The molecule has 0 bridgehead atoms. The lowest BCUT2D eigenvalue weighted by Crippen LogP contribution is -2.33. The Labute approximate surface area is 116 Å². The Balaban J connectivity index is 1.59. The van der Waals surface area contributed by atoms with Crippen LogP contribution in [-0.2, 0) is 13.0 Å². The van der Waals surface area contributed by atoms with E-state index in [9.17, 15) is 0 Å². The summed E-state index contributed by atoms with van der Waals surface area (Å²) in [5.41, 5.74) is 2.79. The first-order valence-electron chi connectivity index (χ1n) is 7.81. The molecule has 1 aliphatic heterocycles. The molecular formula is C17H25NO. The Hall–Kier alpha value is -1.02. The Morgan fingerprint density at radius 3 is 3.05 bits per heavy atom. The number of fused-ring (bicyclic) bond motifs is 1. The summed E-state index contributed by atoms with van der Waals surface area (Å²) in [6, 6.07) is 7.36. The number of rotatable bonds is 3. The van der Waals surface area contributed by atoms with Crippen LogP contribution in [0.15, 0.2) is 18.2 Å². The van der Waals surface area contributed by atoms with Crippen molar-refractivity contribution in [3.05, 3.63) is 29.3 Å². The molecule has 0 spiro atoms. The van der Waals surface area contributed by atoms with Gasteiger partial charge in [-0.15, -0.1) is 0 Å². The van der Waals surface area contributed by atoms with Crippen LogP contribution >= 0.6 is 0 Å². The van der Waals surface area contributed by atoms with Gasteiger partial charge in [0.15, 0.2) is 0 Å². The van der Waals surface area contributed by atoms with Gasteiger partial charge in [0.2, 0.25) is 0 Å². The van der Waals surface area contributed by atoms with Crippen LogP contribution in [-0.4, -0.2) is 12.6 Å². The first-order valence-corrected chi connectivity index (χ1v) is 7.81. The Morgan fingerprint density at radius 2 is 2.11 bits per heavy atom. The van der Waals surface area contributed by atoms with Crippen molar-refractivity contribution in [1.29, 1.82) is 0 Å². The number of benzene rings is 1. The average molecular weight is 259 g/mol. The molecule has 1 aromatic carbocycles. The molecular weight excluding hydrogens is 234 g/mol. The van der Waals surface area contributed by atoms with E-state index in [1.54, 1.807) is 0 Å². The molecule has 1 heterocycles. The maximum atomic E-state index is 5.56. The molecule has 0 amide bonds. The highest BCUT2D eigenvalue weighted by Gasteiger charge is 2.19. The minimum Gasteiger partial charge on any atom is -0.493 e. The van der Waals surface area contributed by atoms with Gasteiger partial charge in [0.25, 0.3) is 0 Å². The lowest BCUT2D eigenvalue weighted by molar-refractivity contribution is 0.355. The predicted octanol–water partition coefficient (Wildman–Crippen LogP) is 3.68. The maximum Gasteiger partial charge on any atom is 0.122 e. The van der Waals surface area contributed by atoms with E-state index in [-0.39, 0.29) is 0 Å². The molecule has 1 aliphatic carbocycles. The Morgan fingerprint density at radius 1 is 1.21 bits per heavy atom. The second kappa shape index (κ2) is 5.96. The highest BCUT2D eigenvalue weighted by Crippen LogP contribution is 2.27. The molecule has 104 valence electrons. The first kappa shape index (κ1) is 13.0. The molecule has 1 N–H and O–H groups in total. The van der Waals surface area contributed by atoms with Crippen molar-refractivity contribution in [2.24, 2.45) is 5.92 Å². The van der Waals surface area contributed by atoms with Gasteiger partial charge in [-0.3, -0.25) is 0 Å². The molecule has 19 heavy (non-hydrogen) atoms. The molecule has 2 atom stereocenters. The number of ether oxygens (including phenoxy) is 1. The minimum atomic E-state index is 0.701. The van der Waals surface area contributed by atoms with Gasteiger partial charge in [0.1, 0.15) is 5.75 Å². The van der Waals surface area contributed by atoms with Crippen molar-refractivity contribution in [3.63, 3.8) is 0 Å². The maximum absolute atomic E-state index is 5.56. The van der Waals surface area contributed by atoms with Crippen molar-refractivity contribution < 1.29 is 4.74 Å². The van der Waals surface area contributed by atoms with Gasteiger partial charge in [0, 0.05) is 19.0 Å². The van der Waals surface area contributed by atoms with E-state index in [1.807, 2.05) is 0 Å². The molecule has 1 saturated carbocycles. The molecule has 2 aliphatic rings. The summed E-state index contributed by atoms with van der Waals surface area (Å²) >= 11 is 0. The zero-order valence-electron chi connectivity index (χ0n) is 12.0. The largest absolute Gasteiger partial charge is 0.493 e. The van der Waals surface area contributed by atoms with E-state index >= 15 is 0 Å².